The first-order chi connectivity index (χ1) is 10.0. The molecule has 0 aliphatic rings. The zero-order valence-electron chi connectivity index (χ0n) is 13.5. The summed E-state index contributed by atoms with van der Waals surface area (Å²) in [5.41, 5.74) is 0.757. The summed E-state index contributed by atoms with van der Waals surface area (Å²) in [5, 5.41) is 5.05. The highest BCUT2D eigenvalue weighted by molar-refractivity contribution is 6.33. The molecule has 120 valence electrons. The Kier molecular flexibility index (Phi) is 8.04. The molecular weight excluding hydrogens is 305 g/mol. The molecule has 0 radical (unpaired) electrons. The lowest BCUT2D eigenvalue weighted by Crippen LogP contribution is -2.46. The van der Waals surface area contributed by atoms with Gasteiger partial charge >= 0.3 is 0 Å². The van der Waals surface area contributed by atoms with Crippen LogP contribution in [-0.2, 0) is 4.74 Å². The summed E-state index contributed by atoms with van der Waals surface area (Å²) in [5.74, 6) is 0. The average Bonchev–Trinajstić information content (AvgIpc) is 2.49. The van der Waals surface area contributed by atoms with Crippen molar-refractivity contribution in [1.82, 2.24) is 5.32 Å². The highest BCUT2D eigenvalue weighted by Gasteiger charge is 2.38. The van der Waals surface area contributed by atoms with E-state index in [2.05, 4.69) is 26.1 Å². The van der Waals surface area contributed by atoms with Gasteiger partial charge in [-0.05, 0) is 56.5 Å². The summed E-state index contributed by atoms with van der Waals surface area (Å²) < 4.78 is 6.17. The molecule has 21 heavy (non-hydrogen) atoms. The maximum atomic E-state index is 6.44. The minimum absolute atomic E-state index is 0.0404. The van der Waals surface area contributed by atoms with Gasteiger partial charge in [0.15, 0.2) is 0 Å². The molecule has 0 aliphatic carbocycles. The van der Waals surface area contributed by atoms with Crippen LogP contribution >= 0.6 is 23.2 Å². The Morgan fingerprint density at radius 1 is 1.14 bits per heavy atom. The molecule has 1 rings (SSSR count). The quantitative estimate of drug-likeness (QED) is 0.633. The molecule has 1 unspecified atom stereocenters. The number of nitrogens with one attached hydrogen (secondary N) is 1. The largest absolute Gasteiger partial charge is 0.373 e. The molecule has 0 fully saturated rings. The monoisotopic (exact) mass is 331 g/mol. The molecule has 0 amide bonds. The summed E-state index contributed by atoms with van der Waals surface area (Å²) in [6.07, 6.45) is 2.90. The molecule has 0 aliphatic heterocycles. The van der Waals surface area contributed by atoms with Crippen LogP contribution in [0.15, 0.2) is 18.2 Å². The van der Waals surface area contributed by atoms with Gasteiger partial charge in [0.25, 0.3) is 0 Å². The molecule has 4 heteroatoms. The second-order valence-electron chi connectivity index (χ2n) is 5.26. The minimum atomic E-state index is -0.266. The van der Waals surface area contributed by atoms with Crippen LogP contribution in [0.2, 0.25) is 10.0 Å². The molecule has 1 N–H and O–H groups in total. The topological polar surface area (TPSA) is 21.3 Å². The summed E-state index contributed by atoms with van der Waals surface area (Å²) in [6, 6.07) is 5.68. The lowest BCUT2D eigenvalue weighted by molar-refractivity contribution is -0.0732. The van der Waals surface area contributed by atoms with Crippen molar-refractivity contribution in [2.24, 2.45) is 0 Å². The van der Waals surface area contributed by atoms with Crippen molar-refractivity contribution in [2.75, 3.05) is 13.2 Å². The van der Waals surface area contributed by atoms with Gasteiger partial charge in [-0.15, -0.1) is 0 Å². The third-order valence-corrected chi connectivity index (χ3v) is 4.60. The first kappa shape index (κ1) is 18.8. The van der Waals surface area contributed by atoms with Crippen molar-refractivity contribution in [3.05, 3.63) is 33.8 Å². The van der Waals surface area contributed by atoms with Crippen molar-refractivity contribution in [1.29, 1.82) is 0 Å². The van der Waals surface area contributed by atoms with Crippen LogP contribution in [-0.4, -0.2) is 18.8 Å². The summed E-state index contributed by atoms with van der Waals surface area (Å²) >= 11 is 12.6. The molecule has 0 heterocycles. The third-order valence-electron chi connectivity index (χ3n) is 4.02. The average molecular weight is 332 g/mol. The van der Waals surface area contributed by atoms with Crippen LogP contribution in [0.4, 0.5) is 0 Å². The summed E-state index contributed by atoms with van der Waals surface area (Å²) in [4.78, 5) is 0. The Morgan fingerprint density at radius 2 is 1.81 bits per heavy atom. The second-order valence-corrected chi connectivity index (χ2v) is 6.10. The van der Waals surface area contributed by atoms with Crippen molar-refractivity contribution in [3.63, 3.8) is 0 Å². The van der Waals surface area contributed by atoms with E-state index in [9.17, 15) is 0 Å². The highest BCUT2D eigenvalue weighted by atomic mass is 35.5. The molecule has 1 aromatic carbocycles. The van der Waals surface area contributed by atoms with E-state index in [0.29, 0.717) is 11.6 Å². The lowest BCUT2D eigenvalue weighted by Gasteiger charge is -2.40. The Bertz CT molecular complexity index is 433. The summed E-state index contributed by atoms with van der Waals surface area (Å²) in [6.45, 7) is 10.1. The molecule has 0 spiro atoms. The Morgan fingerprint density at radius 3 is 2.33 bits per heavy atom. The third kappa shape index (κ3) is 4.59. The Balaban J connectivity index is 3.28. The predicted molar refractivity (Wildman–Crippen MR) is 92.4 cm³/mol. The van der Waals surface area contributed by atoms with Gasteiger partial charge in [-0.25, -0.2) is 0 Å². The number of halogens is 2. The zero-order valence-corrected chi connectivity index (χ0v) is 15.0. The van der Waals surface area contributed by atoms with Crippen LogP contribution in [0.5, 0.6) is 0 Å². The second kappa shape index (κ2) is 8.99. The molecule has 0 saturated carbocycles. The Hall–Kier alpha value is -0.280. The fourth-order valence-electron chi connectivity index (χ4n) is 2.84. The van der Waals surface area contributed by atoms with Gasteiger partial charge in [-0.2, -0.15) is 0 Å². The van der Waals surface area contributed by atoms with Gasteiger partial charge in [-0.3, -0.25) is 0 Å². The smallest absolute Gasteiger partial charge is 0.0871 e. The number of rotatable bonds is 9. The van der Waals surface area contributed by atoms with Crippen LogP contribution in [0.1, 0.15) is 58.6 Å². The van der Waals surface area contributed by atoms with Crippen molar-refractivity contribution < 1.29 is 4.74 Å². The van der Waals surface area contributed by atoms with Gasteiger partial charge < -0.3 is 10.1 Å². The van der Waals surface area contributed by atoms with Gasteiger partial charge in [-0.1, -0.05) is 44.0 Å². The number of benzene rings is 1. The van der Waals surface area contributed by atoms with Crippen LogP contribution < -0.4 is 5.32 Å². The van der Waals surface area contributed by atoms with E-state index < -0.39 is 0 Å². The van der Waals surface area contributed by atoms with E-state index >= 15 is 0 Å². The standard InChI is InChI=1S/C17H27Cl2NO/c1-5-11-20-16(17(6-2,7-3)21-8-4)14-12-13(18)9-10-15(14)19/h9-10,12,16,20H,5-8,11H2,1-4H3. The van der Waals surface area contributed by atoms with Gasteiger partial charge in [0.1, 0.15) is 0 Å². The normalized spacial score (nSPS) is 13.4. The van der Waals surface area contributed by atoms with Crippen LogP contribution in [0, 0.1) is 0 Å². The van der Waals surface area contributed by atoms with E-state index in [4.69, 9.17) is 27.9 Å². The fraction of sp³-hybridized carbons (Fsp3) is 0.647. The van der Waals surface area contributed by atoms with E-state index in [1.807, 2.05) is 25.1 Å². The maximum absolute atomic E-state index is 6.44. The van der Waals surface area contributed by atoms with Gasteiger partial charge in [0, 0.05) is 16.7 Å². The molecule has 0 aromatic heterocycles. The van der Waals surface area contributed by atoms with E-state index in [-0.39, 0.29) is 11.6 Å². The number of ether oxygens (including phenoxy) is 1. The van der Waals surface area contributed by atoms with Gasteiger partial charge in [0.05, 0.1) is 11.6 Å². The van der Waals surface area contributed by atoms with Gasteiger partial charge in [0.2, 0.25) is 0 Å². The van der Waals surface area contributed by atoms with Crippen molar-refractivity contribution in [3.8, 4) is 0 Å². The van der Waals surface area contributed by atoms with Crippen LogP contribution in [0.25, 0.3) is 0 Å². The molecule has 1 aromatic rings. The minimum Gasteiger partial charge on any atom is -0.373 e. The Labute approximate surface area is 139 Å². The molecule has 1 atom stereocenters. The highest BCUT2D eigenvalue weighted by Crippen LogP contribution is 2.39. The summed E-state index contributed by atoms with van der Waals surface area (Å²) in [7, 11) is 0. The fourth-order valence-corrected chi connectivity index (χ4v) is 3.24. The predicted octanol–water partition coefficient (Wildman–Crippen LogP) is 5.63. The molecule has 0 saturated heterocycles. The first-order valence-corrected chi connectivity index (χ1v) is 8.62. The number of hydrogen-bond donors (Lipinski definition) is 1. The molecule has 2 nitrogen and oxygen atoms in total. The first-order valence-electron chi connectivity index (χ1n) is 7.86. The molecular formula is C17H27Cl2NO. The lowest BCUT2D eigenvalue weighted by atomic mass is 9.83. The zero-order chi connectivity index (χ0) is 15.9. The van der Waals surface area contributed by atoms with Crippen LogP contribution in [0.3, 0.4) is 0 Å². The maximum Gasteiger partial charge on any atom is 0.0871 e. The SMILES string of the molecule is CCCNC(c1cc(Cl)ccc1Cl)C(CC)(CC)OCC. The molecule has 0 bridgehead atoms. The number of hydrogen-bond acceptors (Lipinski definition) is 2. The van der Waals surface area contributed by atoms with Crippen molar-refractivity contribution >= 4 is 23.2 Å². The van der Waals surface area contributed by atoms with E-state index in [0.717, 1.165) is 36.4 Å². The van der Waals surface area contributed by atoms with E-state index in [1.165, 1.54) is 0 Å². The van der Waals surface area contributed by atoms with Crippen molar-refractivity contribution in [2.45, 2.75) is 58.6 Å². The van der Waals surface area contributed by atoms with E-state index in [1.54, 1.807) is 0 Å².